The fourth-order valence-corrected chi connectivity index (χ4v) is 3.78. The maximum Gasteiger partial charge on any atom is 0.232 e. The van der Waals surface area contributed by atoms with Gasteiger partial charge in [-0.3, -0.25) is 4.79 Å². The zero-order valence-corrected chi connectivity index (χ0v) is 13.5. The van der Waals surface area contributed by atoms with Gasteiger partial charge in [-0.1, -0.05) is 36.7 Å². The van der Waals surface area contributed by atoms with Crippen LogP contribution >= 0.6 is 11.8 Å². The number of hydrogen-bond acceptors (Lipinski definition) is 4. The molecule has 0 aliphatic heterocycles. The van der Waals surface area contributed by atoms with E-state index >= 15 is 0 Å². The minimum Gasteiger partial charge on any atom is -0.388 e. The molecule has 1 amide bonds. The monoisotopic (exact) mass is 319 g/mol. The minimum absolute atomic E-state index is 0.0192. The summed E-state index contributed by atoms with van der Waals surface area (Å²) in [6.07, 6.45) is 3.68. The molecular weight excluding hydrogens is 298 g/mol. The molecule has 118 valence electrons. The predicted octanol–water partition coefficient (Wildman–Crippen LogP) is 2.42. The topological polar surface area (TPSA) is 69.2 Å². The molecule has 0 unspecified atom stereocenters. The van der Waals surface area contributed by atoms with Crippen LogP contribution < -0.4 is 0 Å². The Hall–Kier alpha value is -1.53. The lowest BCUT2D eigenvalue weighted by atomic mass is 10.0. The highest BCUT2D eigenvalue weighted by atomic mass is 32.2. The van der Waals surface area contributed by atoms with Gasteiger partial charge in [0.05, 0.1) is 22.4 Å². The number of benzene rings is 1. The zero-order valence-electron chi connectivity index (χ0n) is 12.7. The molecule has 3 rings (SSSR count). The van der Waals surface area contributed by atoms with Crippen molar-refractivity contribution in [2.75, 3.05) is 19.3 Å². The third-order valence-corrected chi connectivity index (χ3v) is 5.05. The van der Waals surface area contributed by atoms with Crippen molar-refractivity contribution < 1.29 is 9.90 Å². The Kier molecular flexibility index (Phi) is 4.40. The van der Waals surface area contributed by atoms with E-state index < -0.39 is 5.60 Å². The number of para-hydroxylation sites is 2. The molecule has 1 saturated carbocycles. The van der Waals surface area contributed by atoms with Crippen LogP contribution in [0, 0.1) is 0 Å². The van der Waals surface area contributed by atoms with Crippen molar-refractivity contribution in [1.82, 2.24) is 14.9 Å². The van der Waals surface area contributed by atoms with Crippen molar-refractivity contribution in [3.8, 4) is 0 Å². The summed E-state index contributed by atoms with van der Waals surface area (Å²) in [5, 5.41) is 11.1. The number of carbonyl (C=O) groups excluding carboxylic acids is 1. The van der Waals surface area contributed by atoms with E-state index in [1.54, 1.807) is 11.9 Å². The lowest BCUT2D eigenvalue weighted by molar-refractivity contribution is -0.130. The first kappa shape index (κ1) is 15.4. The van der Waals surface area contributed by atoms with Crippen LogP contribution in [0.1, 0.15) is 25.7 Å². The van der Waals surface area contributed by atoms with Crippen LogP contribution in [0.4, 0.5) is 0 Å². The van der Waals surface area contributed by atoms with Crippen molar-refractivity contribution in [2.45, 2.75) is 36.4 Å². The maximum absolute atomic E-state index is 12.2. The summed E-state index contributed by atoms with van der Waals surface area (Å²) in [7, 11) is 1.76. The third-order valence-electron chi connectivity index (χ3n) is 4.19. The Morgan fingerprint density at radius 2 is 2.14 bits per heavy atom. The first-order valence-corrected chi connectivity index (χ1v) is 8.58. The van der Waals surface area contributed by atoms with Crippen LogP contribution in [0.2, 0.25) is 0 Å². The molecule has 2 N–H and O–H groups in total. The molecule has 1 heterocycles. The fourth-order valence-electron chi connectivity index (χ4n) is 2.96. The largest absolute Gasteiger partial charge is 0.388 e. The number of fused-ring (bicyclic) bond motifs is 1. The van der Waals surface area contributed by atoms with Gasteiger partial charge in [-0.05, 0) is 25.0 Å². The van der Waals surface area contributed by atoms with Gasteiger partial charge in [-0.2, -0.15) is 0 Å². The molecule has 0 bridgehead atoms. The third kappa shape index (κ3) is 3.44. The first-order valence-electron chi connectivity index (χ1n) is 7.60. The molecule has 1 aliphatic carbocycles. The Bertz CT molecular complexity index is 631. The van der Waals surface area contributed by atoms with E-state index in [1.807, 2.05) is 24.3 Å². The molecule has 0 spiro atoms. The molecule has 5 nitrogen and oxygen atoms in total. The Morgan fingerprint density at radius 1 is 1.41 bits per heavy atom. The van der Waals surface area contributed by atoms with Gasteiger partial charge in [0.1, 0.15) is 0 Å². The first-order chi connectivity index (χ1) is 10.6. The van der Waals surface area contributed by atoms with Crippen LogP contribution in [0.15, 0.2) is 29.4 Å². The van der Waals surface area contributed by atoms with Gasteiger partial charge in [0.2, 0.25) is 5.91 Å². The van der Waals surface area contributed by atoms with Gasteiger partial charge < -0.3 is 15.0 Å². The number of H-pyrrole nitrogens is 1. The second kappa shape index (κ2) is 6.30. The van der Waals surface area contributed by atoms with Gasteiger partial charge in [0.15, 0.2) is 5.16 Å². The quantitative estimate of drug-likeness (QED) is 0.831. The van der Waals surface area contributed by atoms with Crippen LogP contribution in [0.25, 0.3) is 11.0 Å². The normalized spacial score (nSPS) is 17.0. The highest BCUT2D eigenvalue weighted by Crippen LogP contribution is 2.30. The summed E-state index contributed by atoms with van der Waals surface area (Å²) in [4.78, 5) is 21.5. The average Bonchev–Trinajstić information content (AvgIpc) is 3.10. The zero-order chi connectivity index (χ0) is 15.6. The molecule has 1 aromatic heterocycles. The van der Waals surface area contributed by atoms with E-state index in [0.29, 0.717) is 12.3 Å². The number of aromatic amines is 1. The van der Waals surface area contributed by atoms with Crippen molar-refractivity contribution >= 4 is 28.7 Å². The van der Waals surface area contributed by atoms with Crippen molar-refractivity contribution in [3.63, 3.8) is 0 Å². The standard InChI is InChI=1S/C16H21N3O2S/c1-19(11-16(21)8-4-5-9-16)14(20)10-22-15-17-12-6-2-3-7-13(12)18-15/h2-3,6-7,21H,4-5,8-11H2,1H3,(H,17,18). The van der Waals surface area contributed by atoms with E-state index in [4.69, 9.17) is 0 Å². The van der Waals surface area contributed by atoms with Crippen LogP contribution in [-0.2, 0) is 4.79 Å². The molecule has 0 saturated heterocycles. The van der Waals surface area contributed by atoms with Gasteiger partial charge in [-0.15, -0.1) is 0 Å². The maximum atomic E-state index is 12.2. The molecule has 6 heteroatoms. The Labute approximate surface area is 134 Å². The molecule has 1 fully saturated rings. The summed E-state index contributed by atoms with van der Waals surface area (Å²) < 4.78 is 0. The number of imidazole rings is 1. The van der Waals surface area contributed by atoms with Gasteiger partial charge in [0.25, 0.3) is 0 Å². The number of rotatable bonds is 5. The number of nitrogens with one attached hydrogen (secondary N) is 1. The van der Waals surface area contributed by atoms with Crippen molar-refractivity contribution in [2.24, 2.45) is 0 Å². The Balaban J connectivity index is 1.55. The summed E-state index contributed by atoms with van der Waals surface area (Å²) >= 11 is 1.40. The number of nitrogens with zero attached hydrogens (tertiary/aromatic N) is 2. The number of carbonyl (C=O) groups is 1. The van der Waals surface area contributed by atoms with Crippen LogP contribution in [0.5, 0.6) is 0 Å². The number of aliphatic hydroxyl groups is 1. The number of hydrogen-bond donors (Lipinski definition) is 2. The van der Waals surface area contributed by atoms with Gasteiger partial charge in [0, 0.05) is 13.6 Å². The second-order valence-electron chi connectivity index (χ2n) is 6.03. The smallest absolute Gasteiger partial charge is 0.232 e. The van der Waals surface area contributed by atoms with E-state index in [-0.39, 0.29) is 5.91 Å². The van der Waals surface area contributed by atoms with Crippen molar-refractivity contribution in [3.05, 3.63) is 24.3 Å². The van der Waals surface area contributed by atoms with E-state index in [1.165, 1.54) is 11.8 Å². The van der Waals surface area contributed by atoms with Gasteiger partial charge in [-0.25, -0.2) is 4.98 Å². The predicted molar refractivity (Wildman–Crippen MR) is 87.9 cm³/mol. The molecule has 2 aromatic rings. The fraction of sp³-hybridized carbons (Fsp3) is 0.500. The Morgan fingerprint density at radius 3 is 2.86 bits per heavy atom. The summed E-state index contributed by atoms with van der Waals surface area (Å²) in [6.45, 7) is 0.423. The number of amides is 1. The van der Waals surface area contributed by atoms with E-state index in [9.17, 15) is 9.90 Å². The summed E-state index contributed by atoms with van der Waals surface area (Å²) in [6, 6.07) is 7.81. The van der Waals surface area contributed by atoms with E-state index in [0.717, 1.165) is 41.9 Å². The molecule has 1 aromatic carbocycles. The molecule has 22 heavy (non-hydrogen) atoms. The molecular formula is C16H21N3O2S. The number of thioether (sulfide) groups is 1. The second-order valence-corrected chi connectivity index (χ2v) is 6.99. The molecule has 0 radical (unpaired) electrons. The minimum atomic E-state index is -0.686. The SMILES string of the molecule is CN(CC1(O)CCCC1)C(=O)CSc1nc2ccccc2[nH]1. The van der Waals surface area contributed by atoms with Crippen molar-refractivity contribution in [1.29, 1.82) is 0 Å². The van der Waals surface area contributed by atoms with Gasteiger partial charge >= 0.3 is 0 Å². The highest BCUT2D eigenvalue weighted by molar-refractivity contribution is 7.99. The summed E-state index contributed by atoms with van der Waals surface area (Å²) in [5.74, 6) is 0.345. The van der Waals surface area contributed by atoms with Crippen LogP contribution in [-0.4, -0.2) is 50.8 Å². The lowest BCUT2D eigenvalue weighted by Crippen LogP contribution is -2.42. The average molecular weight is 319 g/mol. The lowest BCUT2D eigenvalue weighted by Gasteiger charge is -2.28. The van der Waals surface area contributed by atoms with Crippen LogP contribution in [0.3, 0.4) is 0 Å². The number of aromatic nitrogens is 2. The number of likely N-dealkylation sites (N-methyl/N-ethyl adjacent to an activating group) is 1. The highest BCUT2D eigenvalue weighted by Gasteiger charge is 2.33. The molecule has 0 atom stereocenters. The summed E-state index contributed by atoms with van der Waals surface area (Å²) in [5.41, 5.74) is 1.20. The molecule has 1 aliphatic rings. The van der Waals surface area contributed by atoms with E-state index in [2.05, 4.69) is 9.97 Å².